The average molecular weight is 463 g/mol. The van der Waals surface area contributed by atoms with Crippen molar-refractivity contribution in [2.24, 2.45) is 0 Å². The highest BCUT2D eigenvalue weighted by Crippen LogP contribution is 2.33. The first kappa shape index (κ1) is 21.7. The van der Waals surface area contributed by atoms with E-state index in [4.69, 9.17) is 16.3 Å². The molecule has 29 heavy (non-hydrogen) atoms. The van der Waals surface area contributed by atoms with Crippen LogP contribution in [0.3, 0.4) is 0 Å². The van der Waals surface area contributed by atoms with Gasteiger partial charge in [0, 0.05) is 6.54 Å². The number of nitrogens with one attached hydrogen (secondary N) is 1. The molecule has 7 nitrogen and oxygen atoms in total. The maximum Gasteiger partial charge on any atom is 0.265 e. The molecule has 0 radical (unpaired) electrons. The molecule has 0 unspecified atom stereocenters. The minimum Gasteiger partial charge on any atom is -0.492 e. The van der Waals surface area contributed by atoms with Gasteiger partial charge in [0.25, 0.3) is 10.0 Å². The third kappa shape index (κ3) is 4.76. The second kappa shape index (κ2) is 8.37. The van der Waals surface area contributed by atoms with Gasteiger partial charge in [-0.2, -0.15) is 0 Å². The standard InChI is InChI=1S/C18H20ClFN2O5S2/c1-2-27-17-8-6-14(22-9-3-4-10-28(22,23)24)12-18(17)29(25,26)21-13-5-7-16(20)15(19)11-13/h5-8,11-12,21H,2-4,9-10H2,1H3. The predicted octanol–water partition coefficient (Wildman–Crippen LogP) is 3.61. The van der Waals surface area contributed by atoms with Crippen molar-refractivity contribution in [2.75, 3.05) is 27.9 Å². The van der Waals surface area contributed by atoms with Crippen LogP contribution >= 0.6 is 11.6 Å². The highest BCUT2D eigenvalue weighted by atomic mass is 35.5. The van der Waals surface area contributed by atoms with Crippen molar-refractivity contribution in [3.8, 4) is 5.75 Å². The molecule has 1 fully saturated rings. The molecule has 2 aromatic carbocycles. The van der Waals surface area contributed by atoms with Crippen LogP contribution in [0.2, 0.25) is 5.02 Å². The summed E-state index contributed by atoms with van der Waals surface area (Å²) in [5, 5.41) is -0.233. The lowest BCUT2D eigenvalue weighted by atomic mass is 10.2. The van der Waals surface area contributed by atoms with Crippen LogP contribution < -0.4 is 13.8 Å². The van der Waals surface area contributed by atoms with Gasteiger partial charge in [-0.3, -0.25) is 9.03 Å². The van der Waals surface area contributed by atoms with Crippen molar-refractivity contribution in [3.63, 3.8) is 0 Å². The highest BCUT2D eigenvalue weighted by Gasteiger charge is 2.29. The smallest absolute Gasteiger partial charge is 0.265 e. The van der Waals surface area contributed by atoms with E-state index in [2.05, 4.69) is 4.72 Å². The molecule has 1 heterocycles. The van der Waals surface area contributed by atoms with E-state index in [1.807, 2.05) is 0 Å². The van der Waals surface area contributed by atoms with Crippen molar-refractivity contribution in [2.45, 2.75) is 24.7 Å². The van der Waals surface area contributed by atoms with Crippen molar-refractivity contribution in [1.82, 2.24) is 0 Å². The van der Waals surface area contributed by atoms with Gasteiger partial charge in [-0.25, -0.2) is 21.2 Å². The molecule has 0 atom stereocenters. The molecule has 2 aromatic rings. The lowest BCUT2D eigenvalue weighted by molar-refractivity contribution is 0.331. The summed E-state index contributed by atoms with van der Waals surface area (Å²) in [5.74, 6) is -0.595. The topological polar surface area (TPSA) is 92.8 Å². The SMILES string of the molecule is CCOc1ccc(N2CCCCS2(=O)=O)cc1S(=O)(=O)Nc1ccc(F)c(Cl)c1. The Hall–Kier alpha value is -2.04. The largest absolute Gasteiger partial charge is 0.492 e. The lowest BCUT2D eigenvalue weighted by Gasteiger charge is -2.28. The second-order valence-corrected chi connectivity index (χ2v) is 10.5. The fraction of sp³-hybridized carbons (Fsp3) is 0.333. The van der Waals surface area contributed by atoms with Crippen molar-refractivity contribution >= 4 is 43.0 Å². The molecule has 0 saturated carbocycles. The van der Waals surface area contributed by atoms with Crippen molar-refractivity contribution in [3.05, 3.63) is 47.2 Å². The third-order valence-corrected chi connectivity index (χ3v) is 7.89. The molecule has 0 amide bonds. The number of rotatable bonds is 6. The fourth-order valence-electron chi connectivity index (χ4n) is 2.99. The molecule has 11 heteroatoms. The van der Waals surface area contributed by atoms with Crippen molar-refractivity contribution in [1.29, 1.82) is 0 Å². The normalized spacial score (nSPS) is 16.4. The maximum atomic E-state index is 13.4. The number of benzene rings is 2. The maximum absolute atomic E-state index is 13.4. The summed E-state index contributed by atoms with van der Waals surface area (Å²) in [6.07, 6.45) is 1.24. The zero-order valence-corrected chi connectivity index (χ0v) is 17.9. The van der Waals surface area contributed by atoms with Crippen LogP contribution in [0.1, 0.15) is 19.8 Å². The number of ether oxygens (including phenoxy) is 1. The molecular weight excluding hydrogens is 443 g/mol. The van der Waals surface area contributed by atoms with Gasteiger partial charge in [0.2, 0.25) is 10.0 Å². The molecule has 1 saturated heterocycles. The summed E-state index contributed by atoms with van der Waals surface area (Å²) in [6.45, 7) is 2.19. The summed E-state index contributed by atoms with van der Waals surface area (Å²) in [5.41, 5.74) is 0.306. The van der Waals surface area contributed by atoms with Crippen molar-refractivity contribution < 1.29 is 26.0 Å². The van der Waals surface area contributed by atoms with E-state index < -0.39 is 25.9 Å². The van der Waals surface area contributed by atoms with Gasteiger partial charge in [0.15, 0.2) is 0 Å². The van der Waals surface area contributed by atoms with Gasteiger partial charge in [0.05, 0.1) is 28.8 Å². The third-order valence-electron chi connectivity index (χ3n) is 4.33. The van der Waals surface area contributed by atoms with Crippen LogP contribution in [-0.4, -0.2) is 35.7 Å². The van der Waals surface area contributed by atoms with Gasteiger partial charge < -0.3 is 4.74 Å². The minimum atomic E-state index is -4.17. The van der Waals surface area contributed by atoms with Gasteiger partial charge in [-0.1, -0.05) is 11.6 Å². The number of anilines is 2. The Morgan fingerprint density at radius 3 is 2.62 bits per heavy atom. The van der Waals surface area contributed by atoms with Gasteiger partial charge >= 0.3 is 0 Å². The molecule has 3 rings (SSSR count). The Balaban J connectivity index is 2.04. The number of sulfonamides is 2. The summed E-state index contributed by atoms with van der Waals surface area (Å²) in [4.78, 5) is -0.224. The van der Waals surface area contributed by atoms with E-state index in [-0.39, 0.29) is 45.9 Å². The quantitative estimate of drug-likeness (QED) is 0.707. The fourth-order valence-corrected chi connectivity index (χ4v) is 6.01. The van der Waals surface area contributed by atoms with Crippen LogP contribution in [0.4, 0.5) is 15.8 Å². The van der Waals surface area contributed by atoms with Crippen LogP contribution in [0.25, 0.3) is 0 Å². The van der Waals surface area contributed by atoms with Crippen LogP contribution in [-0.2, 0) is 20.0 Å². The molecule has 0 spiro atoms. The first-order valence-electron chi connectivity index (χ1n) is 8.89. The average Bonchev–Trinajstić information content (AvgIpc) is 2.65. The number of hydrogen-bond donors (Lipinski definition) is 1. The Morgan fingerprint density at radius 1 is 1.21 bits per heavy atom. The first-order valence-corrected chi connectivity index (χ1v) is 12.4. The minimum absolute atomic E-state index is 0.00855. The van der Waals surface area contributed by atoms with Gasteiger partial charge in [-0.15, -0.1) is 0 Å². The Labute approximate surface area is 174 Å². The van der Waals surface area contributed by atoms with Crippen LogP contribution in [0.5, 0.6) is 5.75 Å². The number of nitrogens with zero attached hydrogens (tertiary/aromatic N) is 1. The Kier molecular flexibility index (Phi) is 6.25. The predicted molar refractivity (Wildman–Crippen MR) is 110 cm³/mol. The van der Waals surface area contributed by atoms with Gasteiger partial charge in [0.1, 0.15) is 16.5 Å². The molecule has 1 aliphatic heterocycles. The molecule has 158 valence electrons. The number of halogens is 2. The van der Waals surface area contributed by atoms with E-state index in [9.17, 15) is 21.2 Å². The first-order chi connectivity index (χ1) is 13.6. The van der Waals surface area contributed by atoms with Crippen LogP contribution in [0.15, 0.2) is 41.3 Å². The van der Waals surface area contributed by atoms with E-state index in [1.165, 1.54) is 28.6 Å². The van der Waals surface area contributed by atoms with E-state index in [0.29, 0.717) is 12.8 Å². The second-order valence-electron chi connectivity index (χ2n) is 6.39. The van der Waals surface area contributed by atoms with E-state index in [1.54, 1.807) is 6.92 Å². The Morgan fingerprint density at radius 2 is 1.97 bits per heavy atom. The van der Waals surface area contributed by atoms with E-state index >= 15 is 0 Å². The Bertz CT molecular complexity index is 1120. The van der Waals surface area contributed by atoms with E-state index in [0.717, 1.165) is 12.1 Å². The molecule has 1 N–H and O–H groups in total. The summed E-state index contributed by atoms with van der Waals surface area (Å²) < 4.78 is 73.1. The molecule has 0 bridgehead atoms. The molecule has 1 aliphatic rings. The van der Waals surface area contributed by atoms with Crippen LogP contribution in [0, 0.1) is 5.82 Å². The molecule has 0 aromatic heterocycles. The zero-order valence-electron chi connectivity index (χ0n) is 15.6. The lowest BCUT2D eigenvalue weighted by Crippen LogP contribution is -2.37. The summed E-state index contributed by atoms with van der Waals surface area (Å²) in [6, 6.07) is 7.63. The molecule has 0 aliphatic carbocycles. The summed E-state index contributed by atoms with van der Waals surface area (Å²) >= 11 is 5.72. The highest BCUT2D eigenvalue weighted by molar-refractivity contribution is 7.93. The van der Waals surface area contributed by atoms with Gasteiger partial charge in [-0.05, 0) is 56.2 Å². The summed E-state index contributed by atoms with van der Waals surface area (Å²) in [7, 11) is -7.69. The zero-order chi connectivity index (χ0) is 21.2. The number of hydrogen-bond acceptors (Lipinski definition) is 5. The monoisotopic (exact) mass is 462 g/mol. The molecular formula is C18H20ClFN2O5S2.